The number of halogens is 1. The van der Waals surface area contributed by atoms with Crippen LogP contribution in [0.1, 0.15) is 33.6 Å². The van der Waals surface area contributed by atoms with E-state index in [-0.39, 0.29) is 11.8 Å². The van der Waals surface area contributed by atoms with Crippen molar-refractivity contribution in [1.29, 1.82) is 0 Å². The van der Waals surface area contributed by atoms with E-state index >= 15 is 0 Å². The summed E-state index contributed by atoms with van der Waals surface area (Å²) in [6.07, 6.45) is 4.01. The van der Waals surface area contributed by atoms with Crippen LogP contribution >= 0.6 is 11.6 Å². The maximum Gasteiger partial charge on any atom is 0.257 e. The van der Waals surface area contributed by atoms with Crippen molar-refractivity contribution in [3.63, 3.8) is 0 Å². The van der Waals surface area contributed by atoms with Crippen LogP contribution in [-0.2, 0) is 0 Å². The van der Waals surface area contributed by atoms with Crippen molar-refractivity contribution in [2.24, 2.45) is 0 Å². The van der Waals surface area contributed by atoms with E-state index in [2.05, 4.69) is 9.88 Å². The summed E-state index contributed by atoms with van der Waals surface area (Å²) < 4.78 is 0. The smallest absolute Gasteiger partial charge is 0.257 e. The normalized spacial score (nSPS) is 17.1. The molecule has 146 valence electrons. The van der Waals surface area contributed by atoms with Gasteiger partial charge in [-0.15, -0.1) is 0 Å². The second kappa shape index (κ2) is 8.19. The van der Waals surface area contributed by atoms with Crippen molar-refractivity contribution in [2.75, 3.05) is 44.2 Å². The molecule has 2 aliphatic rings. The molecule has 0 radical (unpaired) electrons. The van der Waals surface area contributed by atoms with Crippen molar-refractivity contribution in [3.05, 3.63) is 58.7 Å². The molecule has 7 heteroatoms. The summed E-state index contributed by atoms with van der Waals surface area (Å²) >= 11 is 6.00. The Morgan fingerprint density at radius 1 is 0.857 bits per heavy atom. The number of aromatic nitrogens is 1. The molecule has 0 bridgehead atoms. The number of rotatable bonds is 3. The second-order valence-corrected chi connectivity index (χ2v) is 7.60. The van der Waals surface area contributed by atoms with Crippen LogP contribution < -0.4 is 4.90 Å². The van der Waals surface area contributed by atoms with Gasteiger partial charge in [-0.1, -0.05) is 17.7 Å². The highest BCUT2D eigenvalue weighted by atomic mass is 35.5. The van der Waals surface area contributed by atoms with E-state index in [0.29, 0.717) is 42.3 Å². The van der Waals surface area contributed by atoms with Crippen LogP contribution in [0.4, 0.5) is 5.82 Å². The number of nitrogens with zero attached hydrogens (tertiary/aromatic N) is 4. The third-order valence-electron chi connectivity index (χ3n) is 5.35. The zero-order valence-corrected chi connectivity index (χ0v) is 16.4. The standard InChI is InChI=1S/C21H23ClN4O2/c22-17-6-3-5-16(15-17)20(27)25-11-13-26(14-12-25)21(28)18-7-4-8-23-19(18)24-9-1-2-10-24/h3-8,15H,1-2,9-14H2. The predicted molar refractivity (Wildman–Crippen MR) is 109 cm³/mol. The third-order valence-corrected chi connectivity index (χ3v) is 5.58. The zero-order chi connectivity index (χ0) is 19.5. The molecule has 1 aromatic heterocycles. The van der Waals surface area contributed by atoms with Gasteiger partial charge in [0, 0.05) is 56.1 Å². The Morgan fingerprint density at radius 3 is 2.21 bits per heavy atom. The number of piperazine rings is 1. The van der Waals surface area contributed by atoms with E-state index < -0.39 is 0 Å². The summed E-state index contributed by atoms with van der Waals surface area (Å²) in [6.45, 7) is 3.93. The van der Waals surface area contributed by atoms with Gasteiger partial charge >= 0.3 is 0 Å². The highest BCUT2D eigenvalue weighted by molar-refractivity contribution is 6.30. The molecule has 0 N–H and O–H groups in total. The van der Waals surface area contributed by atoms with Gasteiger partial charge in [0.25, 0.3) is 11.8 Å². The molecule has 0 spiro atoms. The Labute approximate surface area is 169 Å². The van der Waals surface area contributed by atoms with E-state index in [1.54, 1.807) is 35.4 Å². The molecule has 6 nitrogen and oxygen atoms in total. The molecule has 0 aliphatic carbocycles. The van der Waals surface area contributed by atoms with Gasteiger partial charge in [-0.3, -0.25) is 9.59 Å². The van der Waals surface area contributed by atoms with Crippen molar-refractivity contribution >= 4 is 29.2 Å². The van der Waals surface area contributed by atoms with E-state index in [0.717, 1.165) is 31.7 Å². The Hall–Kier alpha value is -2.60. The average Bonchev–Trinajstić information content (AvgIpc) is 3.28. The first-order chi connectivity index (χ1) is 13.6. The summed E-state index contributed by atoms with van der Waals surface area (Å²) in [5.74, 6) is 0.723. The number of carbonyl (C=O) groups is 2. The number of hydrogen-bond donors (Lipinski definition) is 0. The van der Waals surface area contributed by atoms with Gasteiger partial charge in [0.15, 0.2) is 0 Å². The van der Waals surface area contributed by atoms with Gasteiger partial charge in [0.1, 0.15) is 5.82 Å². The summed E-state index contributed by atoms with van der Waals surface area (Å²) in [5.41, 5.74) is 1.23. The SMILES string of the molecule is O=C(c1cccc(Cl)c1)N1CCN(C(=O)c2cccnc2N2CCCC2)CC1. The van der Waals surface area contributed by atoms with E-state index in [9.17, 15) is 9.59 Å². The Morgan fingerprint density at radius 2 is 1.54 bits per heavy atom. The minimum Gasteiger partial charge on any atom is -0.356 e. The van der Waals surface area contributed by atoms with Crippen LogP contribution in [0.15, 0.2) is 42.6 Å². The summed E-state index contributed by atoms with van der Waals surface area (Å²) in [7, 11) is 0. The van der Waals surface area contributed by atoms with Crippen molar-refractivity contribution < 1.29 is 9.59 Å². The van der Waals surface area contributed by atoms with Crippen molar-refractivity contribution in [1.82, 2.24) is 14.8 Å². The molecule has 2 aliphatic heterocycles. The van der Waals surface area contributed by atoms with Crippen LogP contribution in [-0.4, -0.2) is 65.9 Å². The first-order valence-corrected chi connectivity index (χ1v) is 10.1. The summed E-state index contributed by atoms with van der Waals surface area (Å²) in [6, 6.07) is 10.6. The molecule has 0 saturated carbocycles. The molecule has 2 aromatic rings. The number of pyridine rings is 1. The maximum absolute atomic E-state index is 13.1. The minimum atomic E-state index is -0.0475. The maximum atomic E-state index is 13.1. The van der Waals surface area contributed by atoms with Crippen LogP contribution in [0.3, 0.4) is 0 Å². The lowest BCUT2D eigenvalue weighted by Gasteiger charge is -2.35. The number of anilines is 1. The average molecular weight is 399 g/mol. The van der Waals surface area contributed by atoms with Crippen LogP contribution in [0.25, 0.3) is 0 Å². The molecule has 0 unspecified atom stereocenters. The second-order valence-electron chi connectivity index (χ2n) is 7.16. The van der Waals surface area contributed by atoms with Crippen LogP contribution in [0.2, 0.25) is 5.02 Å². The summed E-state index contributed by atoms with van der Waals surface area (Å²) in [5, 5.41) is 0.547. The molecule has 0 atom stereocenters. The number of benzene rings is 1. The Kier molecular flexibility index (Phi) is 5.48. The number of carbonyl (C=O) groups excluding carboxylic acids is 2. The highest BCUT2D eigenvalue weighted by Gasteiger charge is 2.28. The summed E-state index contributed by atoms with van der Waals surface area (Å²) in [4.78, 5) is 36.0. The lowest BCUT2D eigenvalue weighted by atomic mass is 10.1. The first-order valence-electron chi connectivity index (χ1n) is 9.67. The largest absolute Gasteiger partial charge is 0.356 e. The fraction of sp³-hybridized carbons (Fsp3) is 0.381. The lowest BCUT2D eigenvalue weighted by molar-refractivity contribution is 0.0535. The molecule has 1 aromatic carbocycles. The van der Waals surface area contributed by atoms with Gasteiger partial charge in [-0.2, -0.15) is 0 Å². The third kappa shape index (κ3) is 3.83. The zero-order valence-electron chi connectivity index (χ0n) is 15.7. The van der Waals surface area contributed by atoms with Crippen molar-refractivity contribution in [2.45, 2.75) is 12.8 Å². The lowest BCUT2D eigenvalue weighted by Crippen LogP contribution is -2.50. The molecule has 3 heterocycles. The molecular weight excluding hydrogens is 376 g/mol. The topological polar surface area (TPSA) is 56.8 Å². The fourth-order valence-corrected chi connectivity index (χ4v) is 4.02. The van der Waals surface area contributed by atoms with Gasteiger partial charge < -0.3 is 14.7 Å². The van der Waals surface area contributed by atoms with Gasteiger partial charge in [-0.05, 0) is 43.2 Å². The molecule has 2 amide bonds. The number of hydrogen-bond acceptors (Lipinski definition) is 4. The Balaban J connectivity index is 1.43. The molecular formula is C21H23ClN4O2. The molecule has 4 rings (SSSR count). The molecule has 2 saturated heterocycles. The van der Waals surface area contributed by atoms with Gasteiger partial charge in [0.05, 0.1) is 5.56 Å². The Bertz CT molecular complexity index is 874. The highest BCUT2D eigenvalue weighted by Crippen LogP contribution is 2.24. The van der Waals surface area contributed by atoms with Gasteiger partial charge in [0.2, 0.25) is 0 Å². The number of amides is 2. The molecule has 2 fully saturated rings. The van der Waals surface area contributed by atoms with Gasteiger partial charge in [-0.25, -0.2) is 4.98 Å². The van der Waals surface area contributed by atoms with Crippen LogP contribution in [0, 0.1) is 0 Å². The monoisotopic (exact) mass is 398 g/mol. The van der Waals surface area contributed by atoms with E-state index in [1.165, 1.54) is 0 Å². The van der Waals surface area contributed by atoms with E-state index in [4.69, 9.17) is 11.6 Å². The molecule has 28 heavy (non-hydrogen) atoms. The van der Waals surface area contributed by atoms with Crippen molar-refractivity contribution in [3.8, 4) is 0 Å². The quantitative estimate of drug-likeness (QED) is 0.797. The fourth-order valence-electron chi connectivity index (χ4n) is 3.83. The predicted octanol–water partition coefficient (Wildman–Crippen LogP) is 2.93. The first kappa shape index (κ1) is 18.7. The van der Waals surface area contributed by atoms with Crippen LogP contribution in [0.5, 0.6) is 0 Å². The van der Waals surface area contributed by atoms with E-state index in [1.807, 2.05) is 17.0 Å². The minimum absolute atomic E-state index is 0.00939.